The molecule has 1 aliphatic heterocycles. The Bertz CT molecular complexity index is 756. The van der Waals surface area contributed by atoms with Crippen molar-refractivity contribution in [2.75, 3.05) is 0 Å². The molecule has 20 heavy (non-hydrogen) atoms. The third-order valence-electron chi connectivity index (χ3n) is 2.96. The van der Waals surface area contributed by atoms with Crippen LogP contribution in [-0.4, -0.2) is 20.0 Å². The van der Waals surface area contributed by atoms with Gasteiger partial charge in [-0.15, -0.1) is 0 Å². The molecular weight excluding hydrogens is 272 g/mol. The van der Waals surface area contributed by atoms with Crippen molar-refractivity contribution in [1.82, 2.24) is 0 Å². The summed E-state index contributed by atoms with van der Waals surface area (Å²) in [5.74, 6) is 5.77. The fourth-order valence-corrected chi connectivity index (χ4v) is 3.32. The molecule has 3 nitrogen and oxygen atoms in total. The lowest BCUT2D eigenvalue weighted by Crippen LogP contribution is -2.10. The Hall–Kier alpha value is -2.09. The van der Waals surface area contributed by atoms with Gasteiger partial charge in [-0.2, -0.15) is 0 Å². The van der Waals surface area contributed by atoms with Crippen molar-refractivity contribution in [3.8, 4) is 11.8 Å². The number of epoxide rings is 1. The van der Waals surface area contributed by atoms with Gasteiger partial charge in [-0.25, -0.2) is 8.42 Å². The number of benzene rings is 2. The Morgan fingerprint density at radius 1 is 0.900 bits per heavy atom. The summed E-state index contributed by atoms with van der Waals surface area (Å²) < 4.78 is 29.6. The van der Waals surface area contributed by atoms with E-state index in [0.717, 1.165) is 5.56 Å². The summed E-state index contributed by atoms with van der Waals surface area (Å²) in [6.45, 7) is 0. The molecule has 0 aromatic heterocycles. The van der Waals surface area contributed by atoms with E-state index in [-0.39, 0.29) is 4.90 Å². The highest BCUT2D eigenvalue weighted by molar-refractivity contribution is 7.92. The first-order chi connectivity index (χ1) is 9.68. The summed E-state index contributed by atoms with van der Waals surface area (Å²) in [5.41, 5.74) is -0.0000266. The Morgan fingerprint density at radius 3 is 2.15 bits per heavy atom. The average Bonchev–Trinajstić information content (AvgIpc) is 3.28. The van der Waals surface area contributed by atoms with Crippen LogP contribution in [0.4, 0.5) is 0 Å². The van der Waals surface area contributed by atoms with Crippen molar-refractivity contribution in [1.29, 1.82) is 0 Å². The largest absolute Gasteiger partial charge is 0.338 e. The van der Waals surface area contributed by atoms with Crippen molar-refractivity contribution < 1.29 is 13.2 Å². The Kier molecular flexibility index (Phi) is 3.31. The van der Waals surface area contributed by atoms with Gasteiger partial charge in [0.25, 0.3) is 0 Å². The van der Waals surface area contributed by atoms with Crippen LogP contribution >= 0.6 is 0 Å². The van der Waals surface area contributed by atoms with Crippen LogP contribution in [0.5, 0.6) is 0 Å². The summed E-state index contributed by atoms with van der Waals surface area (Å²) in [6.07, 6.45) is -0.541. The summed E-state index contributed by atoms with van der Waals surface area (Å²) in [7, 11) is -3.44. The van der Waals surface area contributed by atoms with Crippen LogP contribution in [-0.2, 0) is 14.6 Å². The summed E-state index contributed by atoms with van der Waals surface area (Å²) in [5, 5.41) is 0. The van der Waals surface area contributed by atoms with E-state index in [0.29, 0.717) is 0 Å². The van der Waals surface area contributed by atoms with Gasteiger partial charge in [0.05, 0.1) is 4.90 Å². The second kappa shape index (κ2) is 5.12. The van der Waals surface area contributed by atoms with Crippen molar-refractivity contribution in [2.24, 2.45) is 0 Å². The molecule has 0 spiro atoms. The van der Waals surface area contributed by atoms with Crippen LogP contribution in [0.2, 0.25) is 0 Å². The molecule has 100 valence electrons. The Labute approximate surface area is 118 Å². The maximum atomic E-state index is 12.2. The number of rotatable bonds is 2. The second-order valence-corrected chi connectivity index (χ2v) is 6.44. The van der Waals surface area contributed by atoms with E-state index in [1.807, 2.05) is 30.3 Å². The highest BCUT2D eigenvalue weighted by Crippen LogP contribution is 2.32. The van der Waals surface area contributed by atoms with Crippen LogP contribution in [0.25, 0.3) is 0 Å². The monoisotopic (exact) mass is 284 g/mol. The first-order valence-electron chi connectivity index (χ1n) is 6.19. The molecule has 3 rings (SSSR count). The van der Waals surface area contributed by atoms with Gasteiger partial charge in [-0.1, -0.05) is 48.2 Å². The first kappa shape index (κ1) is 12.9. The van der Waals surface area contributed by atoms with Crippen LogP contribution in [0, 0.1) is 11.8 Å². The van der Waals surface area contributed by atoms with E-state index in [4.69, 9.17) is 4.74 Å². The first-order valence-corrected chi connectivity index (χ1v) is 7.73. The molecule has 0 unspecified atom stereocenters. The minimum atomic E-state index is -3.44. The fourth-order valence-electron chi connectivity index (χ4n) is 1.86. The smallest absolute Gasteiger partial charge is 0.208 e. The highest BCUT2D eigenvalue weighted by atomic mass is 32.2. The van der Waals surface area contributed by atoms with Crippen LogP contribution in [0.15, 0.2) is 65.6 Å². The predicted octanol–water partition coefficient (Wildman–Crippen LogP) is 2.24. The minimum Gasteiger partial charge on any atom is -0.338 e. The molecular formula is C16H12O3S. The van der Waals surface area contributed by atoms with Gasteiger partial charge in [0, 0.05) is 5.56 Å². The topological polar surface area (TPSA) is 46.7 Å². The van der Waals surface area contributed by atoms with E-state index >= 15 is 0 Å². The lowest BCUT2D eigenvalue weighted by Gasteiger charge is -1.98. The second-order valence-electron chi connectivity index (χ2n) is 4.42. The van der Waals surface area contributed by atoms with Gasteiger partial charge < -0.3 is 4.74 Å². The van der Waals surface area contributed by atoms with Gasteiger partial charge >= 0.3 is 0 Å². The van der Waals surface area contributed by atoms with E-state index in [1.54, 1.807) is 30.3 Å². The average molecular weight is 284 g/mol. The quantitative estimate of drug-likeness (QED) is 0.627. The van der Waals surface area contributed by atoms with Crippen molar-refractivity contribution >= 4 is 9.84 Å². The van der Waals surface area contributed by atoms with E-state index in [1.165, 1.54) is 0 Å². The number of hydrogen-bond acceptors (Lipinski definition) is 3. The zero-order valence-corrected chi connectivity index (χ0v) is 11.4. The molecule has 1 fully saturated rings. The van der Waals surface area contributed by atoms with Crippen molar-refractivity contribution in [3.05, 3.63) is 66.2 Å². The standard InChI is InChI=1S/C16H12O3S/c17-20(18,14-9-5-2-6-10-14)16-15(19-16)12-11-13-7-3-1-4-8-13/h1-10,15-16H/t15-,16-/m0/s1. The fraction of sp³-hybridized carbons (Fsp3) is 0.125. The zero-order chi connectivity index (χ0) is 14.0. The van der Waals surface area contributed by atoms with Gasteiger partial charge in [-0.3, -0.25) is 0 Å². The predicted molar refractivity (Wildman–Crippen MR) is 75.6 cm³/mol. The van der Waals surface area contributed by atoms with Crippen LogP contribution in [0.3, 0.4) is 0 Å². The molecule has 1 aliphatic rings. The molecule has 0 saturated carbocycles. The Morgan fingerprint density at radius 2 is 1.50 bits per heavy atom. The lowest BCUT2D eigenvalue weighted by molar-refractivity contribution is 0.423. The highest BCUT2D eigenvalue weighted by Gasteiger charge is 2.49. The van der Waals surface area contributed by atoms with Crippen LogP contribution < -0.4 is 0 Å². The molecule has 0 radical (unpaired) electrons. The molecule has 1 heterocycles. The van der Waals surface area contributed by atoms with Gasteiger partial charge in [-0.05, 0) is 24.3 Å². The number of sulfone groups is 1. The van der Waals surface area contributed by atoms with Gasteiger partial charge in [0.15, 0.2) is 6.10 Å². The van der Waals surface area contributed by atoms with E-state index in [9.17, 15) is 8.42 Å². The third kappa shape index (κ3) is 2.60. The minimum absolute atomic E-state index is 0.272. The summed E-state index contributed by atoms with van der Waals surface area (Å²) in [6, 6.07) is 17.7. The van der Waals surface area contributed by atoms with E-state index in [2.05, 4.69) is 11.8 Å². The van der Waals surface area contributed by atoms with E-state index < -0.39 is 21.4 Å². The number of hydrogen-bond donors (Lipinski definition) is 0. The normalized spacial score (nSPS) is 20.8. The molecule has 2 aromatic rings. The molecule has 4 heteroatoms. The molecule has 1 saturated heterocycles. The van der Waals surface area contributed by atoms with Gasteiger partial charge in [0.1, 0.15) is 0 Å². The molecule has 0 amide bonds. The SMILES string of the molecule is O=S(=O)(c1ccccc1)[C@@H]1O[C@H]1C#Cc1ccccc1. The lowest BCUT2D eigenvalue weighted by atomic mass is 10.2. The molecule has 0 aliphatic carbocycles. The Balaban J connectivity index is 1.76. The zero-order valence-electron chi connectivity index (χ0n) is 10.6. The van der Waals surface area contributed by atoms with Crippen molar-refractivity contribution in [2.45, 2.75) is 16.4 Å². The van der Waals surface area contributed by atoms with Gasteiger partial charge in [0.2, 0.25) is 15.3 Å². The molecule has 0 N–H and O–H groups in total. The number of ether oxygens (including phenoxy) is 1. The summed E-state index contributed by atoms with van der Waals surface area (Å²) in [4.78, 5) is 0.272. The van der Waals surface area contributed by atoms with Crippen molar-refractivity contribution in [3.63, 3.8) is 0 Å². The third-order valence-corrected chi connectivity index (χ3v) is 4.86. The maximum Gasteiger partial charge on any atom is 0.208 e. The van der Waals surface area contributed by atoms with Crippen LogP contribution in [0.1, 0.15) is 5.56 Å². The molecule has 2 atom stereocenters. The molecule has 2 aromatic carbocycles. The maximum absolute atomic E-state index is 12.2. The summed E-state index contributed by atoms with van der Waals surface area (Å²) >= 11 is 0. The molecule has 0 bridgehead atoms.